The predicted molar refractivity (Wildman–Crippen MR) is 68.6 cm³/mol. The zero-order chi connectivity index (χ0) is 15.5. The van der Waals surface area contributed by atoms with Crippen molar-refractivity contribution >= 4 is 5.91 Å². The second kappa shape index (κ2) is 6.34. The van der Waals surface area contributed by atoms with Gasteiger partial charge in [0.25, 0.3) is 0 Å². The Labute approximate surface area is 120 Å². The molecule has 1 aromatic carbocycles. The molecule has 0 saturated carbocycles. The number of aliphatic hydroxyl groups is 1. The van der Waals surface area contributed by atoms with Crippen LogP contribution in [0, 0.1) is 5.92 Å². The van der Waals surface area contributed by atoms with Gasteiger partial charge in [-0.2, -0.15) is 0 Å². The van der Waals surface area contributed by atoms with Crippen molar-refractivity contribution in [3.8, 4) is 5.75 Å². The maximum Gasteiger partial charge on any atom is 0.573 e. The minimum atomic E-state index is -4.72. The minimum absolute atomic E-state index is 0.0628. The summed E-state index contributed by atoms with van der Waals surface area (Å²) in [7, 11) is 0. The minimum Gasteiger partial charge on any atom is -0.406 e. The summed E-state index contributed by atoms with van der Waals surface area (Å²) in [6.07, 6.45) is -3.81. The monoisotopic (exact) mass is 303 g/mol. The van der Waals surface area contributed by atoms with E-state index in [1.807, 2.05) is 0 Å². The Kier molecular flexibility index (Phi) is 4.72. The van der Waals surface area contributed by atoms with Crippen LogP contribution in [0.5, 0.6) is 5.75 Å². The number of carbonyl (C=O) groups is 1. The summed E-state index contributed by atoms with van der Waals surface area (Å²) in [6, 6.07) is 5.27. The van der Waals surface area contributed by atoms with Crippen molar-refractivity contribution in [3.05, 3.63) is 29.8 Å². The second-order valence-corrected chi connectivity index (χ2v) is 5.05. The lowest BCUT2D eigenvalue weighted by molar-refractivity contribution is -0.274. The molecule has 4 nitrogen and oxygen atoms in total. The van der Waals surface area contributed by atoms with Gasteiger partial charge in [-0.05, 0) is 24.1 Å². The van der Waals surface area contributed by atoms with Gasteiger partial charge in [0, 0.05) is 25.6 Å². The van der Waals surface area contributed by atoms with Gasteiger partial charge in [0.15, 0.2) is 0 Å². The van der Waals surface area contributed by atoms with Crippen molar-refractivity contribution in [2.24, 2.45) is 5.92 Å². The summed E-state index contributed by atoms with van der Waals surface area (Å²) in [5.74, 6) is -0.271. The van der Waals surface area contributed by atoms with E-state index in [0.29, 0.717) is 18.7 Å². The second-order valence-electron chi connectivity index (χ2n) is 5.05. The van der Waals surface area contributed by atoms with Crippen molar-refractivity contribution in [1.82, 2.24) is 4.90 Å². The van der Waals surface area contributed by atoms with Gasteiger partial charge in [-0.1, -0.05) is 12.1 Å². The summed E-state index contributed by atoms with van der Waals surface area (Å²) >= 11 is 0. The number of hydrogen-bond donors (Lipinski definition) is 1. The van der Waals surface area contributed by atoms with Gasteiger partial charge in [-0.25, -0.2) is 0 Å². The zero-order valence-electron chi connectivity index (χ0n) is 11.3. The number of amides is 1. The fourth-order valence-electron chi connectivity index (χ4n) is 2.30. The molecule has 2 rings (SSSR count). The molecule has 1 aliphatic rings. The van der Waals surface area contributed by atoms with Gasteiger partial charge in [-0.3, -0.25) is 4.79 Å². The largest absolute Gasteiger partial charge is 0.573 e. The third-order valence-corrected chi connectivity index (χ3v) is 3.41. The first-order valence-corrected chi connectivity index (χ1v) is 6.60. The number of rotatable bonds is 4. The van der Waals surface area contributed by atoms with E-state index in [1.54, 1.807) is 4.90 Å². The first-order valence-electron chi connectivity index (χ1n) is 6.60. The summed E-state index contributed by atoms with van der Waals surface area (Å²) in [5, 5.41) is 9.03. The first-order chi connectivity index (χ1) is 9.87. The van der Waals surface area contributed by atoms with Crippen LogP contribution in [-0.4, -0.2) is 42.0 Å². The number of benzene rings is 1. The van der Waals surface area contributed by atoms with Gasteiger partial charge in [0.1, 0.15) is 5.75 Å². The number of aliphatic hydroxyl groups excluding tert-OH is 1. The maximum atomic E-state index is 12.0. The van der Waals surface area contributed by atoms with Crippen molar-refractivity contribution in [3.63, 3.8) is 0 Å². The Morgan fingerprint density at radius 3 is 2.52 bits per heavy atom. The average molecular weight is 303 g/mol. The molecular formula is C14H16F3NO3. The van der Waals surface area contributed by atoms with Crippen LogP contribution in [0.4, 0.5) is 13.2 Å². The standard InChI is InChI=1S/C14H16F3NO3/c15-14(16,17)21-12-3-1-10(2-4-12)7-13(20)18-6-5-11(8-18)9-19/h1-4,11,19H,5-9H2. The smallest absolute Gasteiger partial charge is 0.406 e. The highest BCUT2D eigenvalue weighted by atomic mass is 19.4. The molecule has 116 valence electrons. The molecule has 0 aromatic heterocycles. The molecule has 1 heterocycles. The number of likely N-dealkylation sites (tertiary alicyclic amines) is 1. The fourth-order valence-corrected chi connectivity index (χ4v) is 2.30. The van der Waals surface area contributed by atoms with Gasteiger partial charge < -0.3 is 14.7 Å². The zero-order valence-corrected chi connectivity index (χ0v) is 11.3. The summed E-state index contributed by atoms with van der Waals surface area (Å²) in [4.78, 5) is 13.7. The predicted octanol–water partition coefficient (Wildman–Crippen LogP) is 1.97. The van der Waals surface area contributed by atoms with Crippen LogP contribution in [0.15, 0.2) is 24.3 Å². The van der Waals surface area contributed by atoms with Crippen LogP contribution in [0.2, 0.25) is 0 Å². The lowest BCUT2D eigenvalue weighted by atomic mass is 10.1. The van der Waals surface area contributed by atoms with E-state index >= 15 is 0 Å². The molecule has 7 heteroatoms. The summed E-state index contributed by atoms with van der Waals surface area (Å²) in [6.45, 7) is 1.21. The number of carbonyl (C=O) groups excluding carboxylic acids is 1. The topological polar surface area (TPSA) is 49.8 Å². The molecule has 0 radical (unpaired) electrons. The van der Waals surface area contributed by atoms with E-state index in [9.17, 15) is 18.0 Å². The number of hydrogen-bond acceptors (Lipinski definition) is 3. The van der Waals surface area contributed by atoms with Crippen LogP contribution in [0.3, 0.4) is 0 Å². The highest BCUT2D eigenvalue weighted by molar-refractivity contribution is 5.79. The highest BCUT2D eigenvalue weighted by Gasteiger charge is 2.31. The van der Waals surface area contributed by atoms with Crippen molar-refractivity contribution in [1.29, 1.82) is 0 Å². The molecule has 1 saturated heterocycles. The molecule has 21 heavy (non-hydrogen) atoms. The molecule has 1 unspecified atom stereocenters. The van der Waals surface area contributed by atoms with E-state index in [4.69, 9.17) is 5.11 Å². The van der Waals surface area contributed by atoms with E-state index < -0.39 is 6.36 Å². The fraction of sp³-hybridized carbons (Fsp3) is 0.500. The molecule has 1 atom stereocenters. The van der Waals surface area contributed by atoms with Crippen molar-refractivity contribution < 1.29 is 27.8 Å². The number of halogens is 3. The third-order valence-electron chi connectivity index (χ3n) is 3.41. The first kappa shape index (κ1) is 15.6. The summed E-state index contributed by atoms with van der Waals surface area (Å²) in [5.41, 5.74) is 0.627. The van der Waals surface area contributed by atoms with Crippen LogP contribution in [0.1, 0.15) is 12.0 Å². The molecule has 1 fully saturated rings. The molecule has 1 aromatic rings. The van der Waals surface area contributed by atoms with Crippen molar-refractivity contribution in [2.45, 2.75) is 19.2 Å². The van der Waals surface area contributed by atoms with Crippen LogP contribution in [-0.2, 0) is 11.2 Å². The highest BCUT2D eigenvalue weighted by Crippen LogP contribution is 2.23. The van der Waals surface area contributed by atoms with Crippen LogP contribution < -0.4 is 4.74 Å². The van der Waals surface area contributed by atoms with Gasteiger partial charge in [0.05, 0.1) is 6.42 Å². The van der Waals surface area contributed by atoms with E-state index in [2.05, 4.69) is 4.74 Å². The van der Waals surface area contributed by atoms with Gasteiger partial charge in [-0.15, -0.1) is 13.2 Å². The van der Waals surface area contributed by atoms with E-state index in [-0.39, 0.29) is 30.6 Å². The maximum absolute atomic E-state index is 12.0. The average Bonchev–Trinajstić information content (AvgIpc) is 2.88. The van der Waals surface area contributed by atoms with Crippen LogP contribution in [0.25, 0.3) is 0 Å². The Balaban J connectivity index is 1.90. The molecule has 0 bridgehead atoms. The van der Waals surface area contributed by atoms with Gasteiger partial charge >= 0.3 is 6.36 Å². The Morgan fingerprint density at radius 2 is 2.00 bits per heavy atom. The molecule has 1 N–H and O–H groups in total. The molecule has 0 aliphatic carbocycles. The molecular weight excluding hydrogens is 287 g/mol. The Morgan fingerprint density at radius 1 is 1.33 bits per heavy atom. The van der Waals surface area contributed by atoms with Gasteiger partial charge in [0.2, 0.25) is 5.91 Å². The Bertz CT molecular complexity index is 487. The third kappa shape index (κ3) is 4.63. The van der Waals surface area contributed by atoms with E-state index in [0.717, 1.165) is 6.42 Å². The quantitative estimate of drug-likeness (QED) is 0.925. The summed E-state index contributed by atoms with van der Waals surface area (Å²) < 4.78 is 39.8. The number of alkyl halides is 3. The van der Waals surface area contributed by atoms with Crippen LogP contribution >= 0.6 is 0 Å². The molecule has 0 spiro atoms. The lowest BCUT2D eigenvalue weighted by Crippen LogP contribution is -2.30. The lowest BCUT2D eigenvalue weighted by Gasteiger charge is -2.16. The van der Waals surface area contributed by atoms with E-state index in [1.165, 1.54) is 24.3 Å². The Hall–Kier alpha value is -1.76. The molecule has 1 aliphatic heterocycles. The molecule has 1 amide bonds. The SMILES string of the molecule is O=C(Cc1ccc(OC(F)(F)F)cc1)N1CCC(CO)C1. The number of nitrogens with zero attached hydrogens (tertiary/aromatic N) is 1. The normalized spacial score (nSPS) is 18.9. The number of ether oxygens (including phenoxy) is 1. The van der Waals surface area contributed by atoms with Crippen molar-refractivity contribution in [2.75, 3.05) is 19.7 Å².